The minimum atomic E-state index is -0.555. The molecule has 1 atom stereocenters. The van der Waals surface area contributed by atoms with Crippen LogP contribution in [0.5, 0.6) is 0 Å². The van der Waals surface area contributed by atoms with Crippen LogP contribution in [0.25, 0.3) is 0 Å². The summed E-state index contributed by atoms with van der Waals surface area (Å²) >= 11 is 0. The Bertz CT molecular complexity index is 791. The molecule has 0 fully saturated rings. The average Bonchev–Trinajstić information content (AvgIpc) is 2.61. The standard InChI is InChI=1S/C23H27NO2/c1-5-16-23(19-12-7-6-8-13-19)17-15-18-11-9-10-14-20(18)24(23)21(25)26-22(2,3)4/h5-14H,1,15-17H2,2-4H3. The molecule has 0 aromatic heterocycles. The maximum atomic E-state index is 13.3. The zero-order valence-corrected chi connectivity index (χ0v) is 15.9. The maximum absolute atomic E-state index is 13.3. The largest absolute Gasteiger partial charge is 0.443 e. The summed E-state index contributed by atoms with van der Waals surface area (Å²) in [6.45, 7) is 9.67. The van der Waals surface area contributed by atoms with E-state index < -0.39 is 11.1 Å². The summed E-state index contributed by atoms with van der Waals surface area (Å²) in [4.78, 5) is 15.2. The zero-order valence-electron chi connectivity index (χ0n) is 15.9. The lowest BCUT2D eigenvalue weighted by atomic mass is 9.76. The number of amides is 1. The number of hydrogen-bond acceptors (Lipinski definition) is 2. The number of carbonyl (C=O) groups is 1. The van der Waals surface area contributed by atoms with Crippen molar-refractivity contribution >= 4 is 11.8 Å². The first-order valence-corrected chi connectivity index (χ1v) is 9.15. The highest BCUT2D eigenvalue weighted by molar-refractivity contribution is 5.91. The van der Waals surface area contributed by atoms with E-state index in [1.807, 2.05) is 68.1 Å². The van der Waals surface area contributed by atoms with Crippen LogP contribution in [0.3, 0.4) is 0 Å². The molecule has 0 N–H and O–H groups in total. The third-order valence-corrected chi connectivity index (χ3v) is 4.84. The molecule has 3 heteroatoms. The molecule has 0 saturated heterocycles. The van der Waals surface area contributed by atoms with Gasteiger partial charge in [0.25, 0.3) is 0 Å². The van der Waals surface area contributed by atoms with Crippen LogP contribution in [0.1, 0.15) is 44.7 Å². The third kappa shape index (κ3) is 3.39. The SMILES string of the molecule is C=CCC1(c2ccccc2)CCc2ccccc2N1C(=O)OC(C)(C)C. The van der Waals surface area contributed by atoms with Gasteiger partial charge in [0.05, 0.1) is 11.2 Å². The molecular formula is C23H27NO2. The molecule has 26 heavy (non-hydrogen) atoms. The molecule has 3 nitrogen and oxygen atoms in total. The smallest absolute Gasteiger partial charge is 0.415 e. The number of nitrogens with zero attached hydrogens (tertiary/aromatic N) is 1. The zero-order chi connectivity index (χ0) is 18.8. The van der Waals surface area contributed by atoms with E-state index in [4.69, 9.17) is 4.74 Å². The van der Waals surface area contributed by atoms with Gasteiger partial charge in [0.1, 0.15) is 5.60 Å². The van der Waals surface area contributed by atoms with E-state index in [1.165, 1.54) is 5.56 Å². The van der Waals surface area contributed by atoms with Crippen molar-refractivity contribution in [3.63, 3.8) is 0 Å². The summed E-state index contributed by atoms with van der Waals surface area (Å²) in [7, 11) is 0. The third-order valence-electron chi connectivity index (χ3n) is 4.84. The Labute approximate surface area is 156 Å². The second-order valence-corrected chi connectivity index (χ2v) is 7.83. The van der Waals surface area contributed by atoms with Crippen molar-refractivity contribution in [2.24, 2.45) is 0 Å². The molecule has 1 heterocycles. The second kappa shape index (κ2) is 6.99. The van der Waals surface area contributed by atoms with Crippen molar-refractivity contribution in [3.05, 3.63) is 78.4 Å². The number of benzene rings is 2. The molecule has 136 valence electrons. The maximum Gasteiger partial charge on any atom is 0.415 e. The summed E-state index contributed by atoms with van der Waals surface area (Å²) in [6.07, 6.45) is 4.01. The fraction of sp³-hybridized carbons (Fsp3) is 0.348. The van der Waals surface area contributed by atoms with Crippen LogP contribution in [0.4, 0.5) is 10.5 Å². The highest BCUT2D eigenvalue weighted by atomic mass is 16.6. The van der Waals surface area contributed by atoms with Gasteiger partial charge in [0, 0.05) is 0 Å². The predicted octanol–water partition coefficient (Wildman–Crippen LogP) is 5.85. The van der Waals surface area contributed by atoms with Gasteiger partial charge in [-0.1, -0.05) is 54.6 Å². The van der Waals surface area contributed by atoms with Crippen LogP contribution >= 0.6 is 0 Å². The van der Waals surface area contributed by atoms with Crippen LogP contribution in [0.15, 0.2) is 67.3 Å². The van der Waals surface area contributed by atoms with Gasteiger partial charge in [-0.2, -0.15) is 0 Å². The summed E-state index contributed by atoms with van der Waals surface area (Å²) in [6, 6.07) is 18.3. The molecule has 0 radical (unpaired) electrons. The molecule has 1 aliphatic rings. The molecule has 3 rings (SSSR count). The Balaban J connectivity index is 2.18. The molecule has 0 spiro atoms. The molecule has 2 aromatic carbocycles. The van der Waals surface area contributed by atoms with Gasteiger partial charge in [0.15, 0.2) is 0 Å². The fourth-order valence-corrected chi connectivity index (χ4v) is 3.78. The lowest BCUT2D eigenvalue weighted by Crippen LogP contribution is -2.53. The molecule has 1 aliphatic heterocycles. The second-order valence-electron chi connectivity index (χ2n) is 7.83. The monoisotopic (exact) mass is 349 g/mol. The van der Waals surface area contributed by atoms with Gasteiger partial charge in [-0.3, -0.25) is 4.90 Å². The average molecular weight is 349 g/mol. The van der Waals surface area contributed by atoms with E-state index in [0.717, 1.165) is 24.1 Å². The lowest BCUT2D eigenvalue weighted by molar-refractivity contribution is 0.0523. The topological polar surface area (TPSA) is 29.5 Å². The fourth-order valence-electron chi connectivity index (χ4n) is 3.78. The number of anilines is 1. The highest BCUT2D eigenvalue weighted by Gasteiger charge is 2.46. The van der Waals surface area contributed by atoms with Crippen molar-refractivity contribution in [1.82, 2.24) is 0 Å². The molecule has 0 bridgehead atoms. The van der Waals surface area contributed by atoms with Crippen LogP contribution in [0.2, 0.25) is 0 Å². The van der Waals surface area contributed by atoms with Crippen LogP contribution in [-0.2, 0) is 16.7 Å². The minimum absolute atomic E-state index is 0.310. The quantitative estimate of drug-likeness (QED) is 0.651. The number of carbonyl (C=O) groups excluding carboxylic acids is 1. The number of aryl methyl sites for hydroxylation is 1. The highest BCUT2D eigenvalue weighted by Crippen LogP contribution is 2.46. The van der Waals surface area contributed by atoms with Crippen molar-refractivity contribution < 1.29 is 9.53 Å². The normalized spacial score (nSPS) is 19.6. The molecule has 1 unspecified atom stereocenters. The summed E-state index contributed by atoms with van der Waals surface area (Å²) in [5, 5.41) is 0. The Morgan fingerprint density at radius 1 is 1.15 bits per heavy atom. The van der Waals surface area contributed by atoms with Crippen molar-refractivity contribution in [2.45, 2.75) is 51.2 Å². The van der Waals surface area contributed by atoms with E-state index in [-0.39, 0.29) is 6.09 Å². The Kier molecular flexibility index (Phi) is 4.90. The molecule has 2 aromatic rings. The lowest BCUT2D eigenvalue weighted by Gasteiger charge is -2.48. The van der Waals surface area contributed by atoms with Crippen LogP contribution in [-0.4, -0.2) is 11.7 Å². The first-order valence-electron chi connectivity index (χ1n) is 9.15. The van der Waals surface area contributed by atoms with E-state index in [0.29, 0.717) is 6.42 Å². The van der Waals surface area contributed by atoms with Crippen molar-refractivity contribution in [2.75, 3.05) is 4.90 Å². The van der Waals surface area contributed by atoms with Crippen molar-refractivity contribution in [3.8, 4) is 0 Å². The number of para-hydroxylation sites is 1. The number of fused-ring (bicyclic) bond motifs is 1. The molecular weight excluding hydrogens is 322 g/mol. The van der Waals surface area contributed by atoms with Gasteiger partial charge in [-0.15, -0.1) is 6.58 Å². The van der Waals surface area contributed by atoms with Gasteiger partial charge >= 0.3 is 6.09 Å². The van der Waals surface area contributed by atoms with Gasteiger partial charge in [-0.25, -0.2) is 4.79 Å². The number of ether oxygens (including phenoxy) is 1. The number of hydrogen-bond donors (Lipinski definition) is 0. The van der Waals surface area contributed by atoms with E-state index in [1.54, 1.807) is 0 Å². The molecule has 0 saturated carbocycles. The minimum Gasteiger partial charge on any atom is -0.443 e. The van der Waals surface area contributed by atoms with E-state index >= 15 is 0 Å². The predicted molar refractivity (Wildman–Crippen MR) is 106 cm³/mol. The Morgan fingerprint density at radius 3 is 2.46 bits per heavy atom. The van der Waals surface area contributed by atoms with Crippen LogP contribution < -0.4 is 4.90 Å². The summed E-state index contributed by atoms with van der Waals surface area (Å²) < 4.78 is 5.81. The molecule has 1 amide bonds. The first-order chi connectivity index (χ1) is 12.4. The van der Waals surface area contributed by atoms with Crippen LogP contribution in [0, 0.1) is 0 Å². The summed E-state index contributed by atoms with van der Waals surface area (Å²) in [5.74, 6) is 0. The molecule has 0 aliphatic carbocycles. The Hall–Kier alpha value is -2.55. The Morgan fingerprint density at radius 2 is 1.81 bits per heavy atom. The van der Waals surface area contributed by atoms with Crippen molar-refractivity contribution in [1.29, 1.82) is 0 Å². The van der Waals surface area contributed by atoms with E-state index in [2.05, 4.69) is 24.8 Å². The summed E-state index contributed by atoms with van der Waals surface area (Å²) in [5.41, 5.74) is 2.17. The van der Waals surface area contributed by atoms with E-state index in [9.17, 15) is 4.79 Å². The number of rotatable bonds is 3. The van der Waals surface area contributed by atoms with Gasteiger partial charge < -0.3 is 4.74 Å². The first kappa shape index (κ1) is 18.2. The van der Waals surface area contributed by atoms with Gasteiger partial charge in [0.2, 0.25) is 0 Å². The van der Waals surface area contributed by atoms with Gasteiger partial charge in [-0.05, 0) is 57.2 Å².